The molecule has 0 fully saturated rings. The predicted molar refractivity (Wildman–Crippen MR) is 126 cm³/mol. The van der Waals surface area contributed by atoms with E-state index in [1.54, 1.807) is 54.6 Å². The van der Waals surface area contributed by atoms with E-state index in [1.807, 2.05) is 0 Å². The monoisotopic (exact) mass is 499 g/mol. The molecule has 2 heterocycles. The minimum Gasteiger partial charge on any atom is -0.495 e. The molecule has 0 bridgehead atoms. The van der Waals surface area contributed by atoms with Crippen molar-refractivity contribution in [2.45, 2.75) is 9.92 Å². The Balaban J connectivity index is 1.78. The molecule has 0 radical (unpaired) electrons. The molecule has 0 saturated carbocycles. The number of fused-ring (bicyclic) bond motifs is 3. The highest BCUT2D eigenvalue weighted by atomic mass is 35.5. The molecule has 2 aromatic heterocycles. The van der Waals surface area contributed by atoms with Crippen LogP contribution in [0.4, 0.5) is 11.5 Å². The summed E-state index contributed by atoms with van der Waals surface area (Å²) in [5.74, 6) is 0.868. The van der Waals surface area contributed by atoms with Crippen LogP contribution >= 0.6 is 23.2 Å². The number of nitrogens with zero attached hydrogens (tertiary/aromatic N) is 4. The number of rotatable bonds is 5. The van der Waals surface area contributed by atoms with Crippen LogP contribution < -0.4 is 10.1 Å². The van der Waals surface area contributed by atoms with Gasteiger partial charge in [-0.2, -0.15) is 4.52 Å². The third-order valence-electron chi connectivity index (χ3n) is 5.00. The Morgan fingerprint density at radius 1 is 0.970 bits per heavy atom. The van der Waals surface area contributed by atoms with Gasteiger partial charge in [-0.25, -0.2) is 13.4 Å². The Labute approximate surface area is 198 Å². The number of benzene rings is 3. The Morgan fingerprint density at radius 2 is 1.70 bits per heavy atom. The van der Waals surface area contributed by atoms with Gasteiger partial charge in [-0.05, 0) is 48.5 Å². The predicted octanol–water partition coefficient (Wildman–Crippen LogP) is 5.17. The zero-order valence-corrected chi connectivity index (χ0v) is 19.4. The maximum Gasteiger partial charge on any atom is 0.229 e. The van der Waals surface area contributed by atoms with Gasteiger partial charge in [0.05, 0.1) is 23.2 Å². The van der Waals surface area contributed by atoms with Gasteiger partial charge >= 0.3 is 0 Å². The van der Waals surface area contributed by atoms with Gasteiger partial charge in [0.2, 0.25) is 14.9 Å². The summed E-state index contributed by atoms with van der Waals surface area (Å²) in [4.78, 5) is 4.68. The third kappa shape index (κ3) is 3.74. The van der Waals surface area contributed by atoms with Crippen molar-refractivity contribution >= 4 is 61.1 Å². The number of nitrogens with one attached hydrogen (secondary N) is 1. The van der Waals surface area contributed by atoms with Crippen molar-refractivity contribution in [2.75, 3.05) is 12.4 Å². The molecule has 0 amide bonds. The van der Waals surface area contributed by atoms with Crippen molar-refractivity contribution in [3.8, 4) is 5.75 Å². The first-order valence-electron chi connectivity index (χ1n) is 9.64. The molecule has 0 spiro atoms. The van der Waals surface area contributed by atoms with E-state index in [-0.39, 0.29) is 15.6 Å². The van der Waals surface area contributed by atoms with Crippen LogP contribution in [-0.4, -0.2) is 35.3 Å². The lowest BCUT2D eigenvalue weighted by Gasteiger charge is -2.14. The lowest BCUT2D eigenvalue weighted by atomic mass is 10.2. The molecule has 0 aliphatic rings. The van der Waals surface area contributed by atoms with Gasteiger partial charge in [-0.1, -0.05) is 46.6 Å². The highest BCUT2D eigenvalue weighted by molar-refractivity contribution is 7.91. The van der Waals surface area contributed by atoms with Crippen LogP contribution in [0.1, 0.15) is 0 Å². The first-order chi connectivity index (χ1) is 15.9. The van der Waals surface area contributed by atoms with E-state index in [0.717, 1.165) is 0 Å². The fourth-order valence-electron chi connectivity index (χ4n) is 3.46. The van der Waals surface area contributed by atoms with Gasteiger partial charge in [0.15, 0.2) is 5.65 Å². The lowest BCUT2D eigenvalue weighted by molar-refractivity contribution is 0.417. The molecule has 5 aromatic rings. The Morgan fingerprint density at radius 3 is 2.45 bits per heavy atom. The molecule has 11 heteroatoms. The molecule has 0 unspecified atom stereocenters. The number of methoxy groups -OCH3 is 1. The second kappa shape index (κ2) is 8.18. The number of anilines is 2. The SMILES string of the molecule is COc1ccc(Cl)cc1Nc1nc2c(S(=O)(=O)c3ccccc3)nnn2c2ccc(Cl)cc12. The van der Waals surface area contributed by atoms with Crippen molar-refractivity contribution < 1.29 is 13.2 Å². The number of halogens is 2. The fraction of sp³-hybridized carbons (Fsp3) is 0.0455. The average Bonchev–Trinajstić information content (AvgIpc) is 3.24. The average molecular weight is 500 g/mol. The van der Waals surface area contributed by atoms with Crippen LogP contribution in [0.5, 0.6) is 5.75 Å². The van der Waals surface area contributed by atoms with Gasteiger partial charge in [0, 0.05) is 15.4 Å². The Kier molecular flexibility index (Phi) is 5.32. The van der Waals surface area contributed by atoms with Crippen molar-refractivity contribution in [3.05, 3.63) is 76.8 Å². The summed E-state index contributed by atoms with van der Waals surface area (Å²) in [6.45, 7) is 0. The van der Waals surface area contributed by atoms with Crippen LogP contribution in [-0.2, 0) is 9.84 Å². The quantitative estimate of drug-likeness (QED) is 0.356. The zero-order chi connectivity index (χ0) is 23.2. The first-order valence-corrected chi connectivity index (χ1v) is 11.9. The lowest BCUT2D eigenvalue weighted by Crippen LogP contribution is -2.06. The number of aromatic nitrogens is 4. The highest BCUT2D eigenvalue weighted by Crippen LogP contribution is 2.35. The van der Waals surface area contributed by atoms with Crippen molar-refractivity contribution in [3.63, 3.8) is 0 Å². The van der Waals surface area contributed by atoms with Crippen LogP contribution in [0.2, 0.25) is 10.0 Å². The maximum atomic E-state index is 13.3. The topological polar surface area (TPSA) is 98.5 Å². The van der Waals surface area contributed by atoms with E-state index >= 15 is 0 Å². The molecule has 166 valence electrons. The molecule has 3 aromatic carbocycles. The Hall–Kier alpha value is -3.40. The molecule has 1 N–H and O–H groups in total. The molecule has 0 saturated heterocycles. The molecule has 5 rings (SSSR count). The third-order valence-corrected chi connectivity index (χ3v) is 7.14. The first kappa shape index (κ1) is 21.4. The summed E-state index contributed by atoms with van der Waals surface area (Å²) in [5, 5.41) is 12.5. The zero-order valence-electron chi connectivity index (χ0n) is 17.0. The summed E-state index contributed by atoms with van der Waals surface area (Å²) in [6, 6.07) is 18.2. The molecule has 0 atom stereocenters. The van der Waals surface area contributed by atoms with Crippen LogP contribution in [0, 0.1) is 0 Å². The summed E-state index contributed by atoms with van der Waals surface area (Å²) < 4.78 is 33.4. The number of hydrogen-bond donors (Lipinski definition) is 1. The molecule has 8 nitrogen and oxygen atoms in total. The van der Waals surface area contributed by atoms with Gasteiger partial charge in [0.1, 0.15) is 11.6 Å². The minimum atomic E-state index is -3.96. The van der Waals surface area contributed by atoms with E-state index in [0.29, 0.717) is 38.2 Å². The molecule has 0 aliphatic heterocycles. The normalized spacial score (nSPS) is 11.7. The second-order valence-corrected chi connectivity index (χ2v) is 9.78. The smallest absolute Gasteiger partial charge is 0.229 e. The van der Waals surface area contributed by atoms with Crippen molar-refractivity contribution in [1.29, 1.82) is 0 Å². The number of hydrogen-bond acceptors (Lipinski definition) is 7. The van der Waals surface area contributed by atoms with E-state index < -0.39 is 9.84 Å². The maximum absolute atomic E-state index is 13.3. The standard InChI is InChI=1S/C22H15Cl2N5O3S/c1-32-19-10-8-14(24)12-17(19)25-20-16-11-13(23)7-9-18(16)29-21(26-20)22(27-28-29)33(30,31)15-5-3-2-4-6-15/h2-12H,1H3,(H,25,26). The summed E-state index contributed by atoms with van der Waals surface area (Å²) in [5.41, 5.74) is 1.18. The fourth-order valence-corrected chi connectivity index (χ4v) is 5.05. The molecule has 33 heavy (non-hydrogen) atoms. The second-order valence-electron chi connectivity index (χ2n) is 7.04. The van der Waals surface area contributed by atoms with Crippen LogP contribution in [0.15, 0.2) is 76.7 Å². The van der Waals surface area contributed by atoms with E-state index in [1.165, 1.54) is 23.8 Å². The van der Waals surface area contributed by atoms with E-state index in [4.69, 9.17) is 27.9 Å². The van der Waals surface area contributed by atoms with Gasteiger partial charge in [-0.3, -0.25) is 0 Å². The van der Waals surface area contributed by atoms with E-state index in [2.05, 4.69) is 20.6 Å². The van der Waals surface area contributed by atoms with Gasteiger partial charge < -0.3 is 10.1 Å². The molecular weight excluding hydrogens is 485 g/mol. The molecular formula is C22H15Cl2N5O3S. The number of ether oxygens (including phenoxy) is 1. The summed E-state index contributed by atoms with van der Waals surface area (Å²) in [7, 11) is -2.43. The largest absolute Gasteiger partial charge is 0.495 e. The minimum absolute atomic E-state index is 0.0668. The number of sulfone groups is 1. The summed E-state index contributed by atoms with van der Waals surface area (Å²) in [6.07, 6.45) is 0. The highest BCUT2D eigenvalue weighted by Gasteiger charge is 2.27. The van der Waals surface area contributed by atoms with Crippen LogP contribution in [0.25, 0.3) is 16.6 Å². The van der Waals surface area contributed by atoms with Gasteiger partial charge in [0.25, 0.3) is 0 Å². The summed E-state index contributed by atoms with van der Waals surface area (Å²) >= 11 is 12.4. The van der Waals surface area contributed by atoms with Crippen molar-refractivity contribution in [2.24, 2.45) is 0 Å². The Bertz CT molecular complexity index is 1620. The van der Waals surface area contributed by atoms with Gasteiger partial charge in [-0.15, -0.1) is 5.10 Å². The molecule has 0 aliphatic carbocycles. The van der Waals surface area contributed by atoms with E-state index in [9.17, 15) is 8.42 Å². The van der Waals surface area contributed by atoms with Crippen molar-refractivity contribution in [1.82, 2.24) is 19.8 Å². The van der Waals surface area contributed by atoms with Crippen LogP contribution in [0.3, 0.4) is 0 Å².